The summed E-state index contributed by atoms with van der Waals surface area (Å²) in [5, 5.41) is 1.52. The van der Waals surface area contributed by atoms with E-state index in [4.69, 9.17) is 9.57 Å². The minimum absolute atomic E-state index is 0.0590. The Morgan fingerprint density at radius 3 is 3.08 bits per heavy atom. The summed E-state index contributed by atoms with van der Waals surface area (Å²) in [4.78, 5) is 24.5. The normalized spacial score (nSPS) is 30.5. The van der Waals surface area contributed by atoms with Gasteiger partial charge in [0.05, 0.1) is 38.0 Å². The van der Waals surface area contributed by atoms with Gasteiger partial charge in [0.15, 0.2) is 0 Å². The second-order valence-electron chi connectivity index (χ2n) is 7.03. The number of likely N-dealkylation sites (tertiary alicyclic amines) is 1. The predicted molar refractivity (Wildman–Crippen MR) is 87.8 cm³/mol. The minimum atomic E-state index is 0.0590. The van der Waals surface area contributed by atoms with Crippen LogP contribution in [0.1, 0.15) is 25.0 Å². The molecule has 0 saturated carbocycles. The zero-order valence-electron chi connectivity index (χ0n) is 14.0. The van der Waals surface area contributed by atoms with Crippen LogP contribution in [0.25, 0.3) is 0 Å². The Labute approximate surface area is 142 Å². The van der Waals surface area contributed by atoms with Crippen molar-refractivity contribution in [3.63, 3.8) is 0 Å². The summed E-state index contributed by atoms with van der Waals surface area (Å²) in [6.07, 6.45) is 4.40. The third-order valence-corrected chi connectivity index (χ3v) is 5.40. The van der Waals surface area contributed by atoms with Crippen LogP contribution >= 0.6 is 0 Å². The molecule has 1 aromatic rings. The minimum Gasteiger partial charge on any atom is -0.377 e. The van der Waals surface area contributed by atoms with Crippen molar-refractivity contribution in [1.29, 1.82) is 0 Å². The zero-order chi connectivity index (χ0) is 16.4. The molecule has 0 unspecified atom stereocenters. The van der Waals surface area contributed by atoms with Crippen LogP contribution in [-0.4, -0.2) is 59.8 Å². The van der Waals surface area contributed by atoms with Crippen molar-refractivity contribution < 1.29 is 14.4 Å². The van der Waals surface area contributed by atoms with Gasteiger partial charge in [-0.15, -0.1) is 0 Å². The molecule has 130 valence electrons. The van der Waals surface area contributed by atoms with Gasteiger partial charge in [-0.1, -0.05) is 6.07 Å². The first-order valence-electron chi connectivity index (χ1n) is 8.97. The second-order valence-corrected chi connectivity index (χ2v) is 7.03. The lowest BCUT2D eigenvalue weighted by molar-refractivity contribution is -0.171. The van der Waals surface area contributed by atoms with Gasteiger partial charge in [0.2, 0.25) is 5.91 Å². The summed E-state index contributed by atoms with van der Waals surface area (Å²) >= 11 is 0. The molecule has 6 nitrogen and oxygen atoms in total. The molecule has 0 bridgehead atoms. The van der Waals surface area contributed by atoms with Crippen LogP contribution in [0.2, 0.25) is 0 Å². The lowest BCUT2D eigenvalue weighted by Gasteiger charge is -2.35. The highest BCUT2D eigenvalue weighted by Gasteiger charge is 2.42. The highest BCUT2D eigenvalue weighted by molar-refractivity contribution is 5.75. The van der Waals surface area contributed by atoms with Crippen LogP contribution in [0.5, 0.6) is 0 Å². The Morgan fingerprint density at radius 1 is 1.33 bits per heavy atom. The van der Waals surface area contributed by atoms with E-state index in [1.54, 1.807) is 0 Å². The molecule has 0 radical (unpaired) electrons. The summed E-state index contributed by atoms with van der Waals surface area (Å²) in [5.74, 6) is 1.10. The summed E-state index contributed by atoms with van der Waals surface area (Å²) in [6, 6.07) is 6.07. The summed E-state index contributed by atoms with van der Waals surface area (Å²) in [6.45, 7) is 5.12. The zero-order valence-corrected chi connectivity index (χ0v) is 14.0. The SMILES string of the molecule is O=C(C[C@@H]1OC[C@@H]2CN(Cc3ccccn3)CC[C@@H]21)N1CCCO1. The molecule has 3 aliphatic rings. The van der Waals surface area contributed by atoms with E-state index >= 15 is 0 Å². The molecule has 3 aliphatic heterocycles. The number of piperidine rings is 1. The number of hydrogen-bond acceptors (Lipinski definition) is 5. The first-order valence-corrected chi connectivity index (χ1v) is 8.97. The van der Waals surface area contributed by atoms with Crippen LogP contribution in [0.15, 0.2) is 24.4 Å². The fourth-order valence-electron chi connectivity index (χ4n) is 4.15. The molecule has 3 fully saturated rings. The third kappa shape index (κ3) is 3.45. The molecule has 0 aliphatic carbocycles. The van der Waals surface area contributed by atoms with Crippen molar-refractivity contribution in [3.8, 4) is 0 Å². The van der Waals surface area contributed by atoms with Gasteiger partial charge in [0.25, 0.3) is 0 Å². The van der Waals surface area contributed by atoms with Crippen molar-refractivity contribution in [1.82, 2.24) is 14.9 Å². The van der Waals surface area contributed by atoms with Gasteiger partial charge in [0, 0.05) is 25.2 Å². The molecule has 4 heterocycles. The molecule has 0 aromatic carbocycles. The van der Waals surface area contributed by atoms with E-state index in [1.165, 1.54) is 5.06 Å². The fourth-order valence-corrected chi connectivity index (χ4v) is 4.15. The monoisotopic (exact) mass is 331 g/mol. The number of hydroxylamine groups is 2. The maximum absolute atomic E-state index is 12.3. The molecular weight excluding hydrogens is 306 g/mol. The van der Waals surface area contributed by atoms with Gasteiger partial charge in [-0.2, -0.15) is 0 Å². The summed E-state index contributed by atoms with van der Waals surface area (Å²) in [5.41, 5.74) is 1.12. The number of hydrogen-bond donors (Lipinski definition) is 0. The standard InChI is InChI=1S/C18H25N3O3/c22-18(21-7-3-9-24-21)10-17-16-5-8-20(11-14(16)13-23-17)12-15-4-1-2-6-19-15/h1-2,4,6,14,16-17H,3,5,7-13H2/t14-,16-,17-/m0/s1. The molecule has 6 heteroatoms. The van der Waals surface area contributed by atoms with Gasteiger partial charge >= 0.3 is 0 Å². The fraction of sp³-hybridized carbons (Fsp3) is 0.667. The number of pyridine rings is 1. The topological polar surface area (TPSA) is 54.9 Å². The molecule has 0 spiro atoms. The molecule has 4 rings (SSSR count). The predicted octanol–water partition coefficient (Wildman–Crippen LogP) is 1.47. The van der Waals surface area contributed by atoms with Gasteiger partial charge in [0.1, 0.15) is 0 Å². The third-order valence-electron chi connectivity index (χ3n) is 5.40. The molecule has 1 aromatic heterocycles. The van der Waals surface area contributed by atoms with Crippen molar-refractivity contribution in [2.75, 3.05) is 32.8 Å². The van der Waals surface area contributed by atoms with E-state index in [0.717, 1.165) is 51.3 Å². The number of amides is 1. The Bertz CT molecular complexity index is 562. The quantitative estimate of drug-likeness (QED) is 0.836. The summed E-state index contributed by atoms with van der Waals surface area (Å²) < 4.78 is 5.98. The van der Waals surface area contributed by atoms with Crippen LogP contribution in [-0.2, 0) is 20.9 Å². The number of rotatable bonds is 4. The maximum atomic E-state index is 12.3. The molecule has 3 saturated heterocycles. The van der Waals surface area contributed by atoms with E-state index in [-0.39, 0.29) is 12.0 Å². The van der Waals surface area contributed by atoms with Crippen molar-refractivity contribution in [2.45, 2.75) is 31.9 Å². The number of fused-ring (bicyclic) bond motifs is 1. The van der Waals surface area contributed by atoms with E-state index in [1.807, 2.05) is 18.3 Å². The molecular formula is C18H25N3O3. The van der Waals surface area contributed by atoms with E-state index in [2.05, 4.69) is 16.0 Å². The number of ether oxygens (including phenoxy) is 1. The Morgan fingerprint density at radius 2 is 2.29 bits per heavy atom. The Hall–Kier alpha value is -1.50. The number of carbonyl (C=O) groups is 1. The molecule has 24 heavy (non-hydrogen) atoms. The van der Waals surface area contributed by atoms with Crippen molar-refractivity contribution in [2.24, 2.45) is 11.8 Å². The van der Waals surface area contributed by atoms with Gasteiger partial charge in [-0.05, 0) is 37.4 Å². The number of nitrogens with zero attached hydrogens (tertiary/aromatic N) is 3. The van der Waals surface area contributed by atoms with Crippen LogP contribution in [0.3, 0.4) is 0 Å². The molecule has 0 N–H and O–H groups in total. The highest BCUT2D eigenvalue weighted by Crippen LogP contribution is 2.36. The lowest BCUT2D eigenvalue weighted by Crippen LogP contribution is -2.42. The first-order chi connectivity index (χ1) is 11.8. The molecule has 3 atom stereocenters. The van der Waals surface area contributed by atoms with Crippen molar-refractivity contribution in [3.05, 3.63) is 30.1 Å². The lowest BCUT2D eigenvalue weighted by atomic mass is 9.83. The first kappa shape index (κ1) is 16.0. The average molecular weight is 331 g/mol. The molecule has 1 amide bonds. The Balaban J connectivity index is 1.30. The number of carbonyl (C=O) groups excluding carboxylic acids is 1. The number of aromatic nitrogens is 1. The van der Waals surface area contributed by atoms with Crippen LogP contribution in [0, 0.1) is 11.8 Å². The van der Waals surface area contributed by atoms with Gasteiger partial charge in [-0.25, -0.2) is 5.06 Å². The summed E-state index contributed by atoms with van der Waals surface area (Å²) in [7, 11) is 0. The van der Waals surface area contributed by atoms with Crippen molar-refractivity contribution >= 4 is 5.91 Å². The maximum Gasteiger partial charge on any atom is 0.248 e. The van der Waals surface area contributed by atoms with Gasteiger partial charge < -0.3 is 4.74 Å². The second kappa shape index (κ2) is 7.17. The highest BCUT2D eigenvalue weighted by atomic mass is 16.7. The van der Waals surface area contributed by atoms with Crippen LogP contribution in [0.4, 0.5) is 0 Å². The van der Waals surface area contributed by atoms with Crippen LogP contribution < -0.4 is 0 Å². The van der Waals surface area contributed by atoms with E-state index < -0.39 is 0 Å². The average Bonchev–Trinajstić information content (AvgIpc) is 3.26. The van der Waals surface area contributed by atoms with E-state index in [9.17, 15) is 4.79 Å². The Kier molecular flexibility index (Phi) is 4.78. The van der Waals surface area contributed by atoms with E-state index in [0.29, 0.717) is 24.9 Å². The van der Waals surface area contributed by atoms with Gasteiger partial charge in [-0.3, -0.25) is 19.5 Å². The largest absolute Gasteiger partial charge is 0.377 e. The smallest absolute Gasteiger partial charge is 0.248 e.